The summed E-state index contributed by atoms with van der Waals surface area (Å²) in [7, 11) is 1.61. The van der Waals surface area contributed by atoms with Gasteiger partial charge in [0.2, 0.25) is 0 Å². The first-order chi connectivity index (χ1) is 7.61. The molecule has 0 bridgehead atoms. The van der Waals surface area contributed by atoms with Gasteiger partial charge in [0.25, 0.3) is 0 Å². The zero-order valence-electron chi connectivity index (χ0n) is 9.50. The highest BCUT2D eigenvalue weighted by Gasteiger charge is 2.09. The highest BCUT2D eigenvalue weighted by Crippen LogP contribution is 2.34. The van der Waals surface area contributed by atoms with Gasteiger partial charge in [-0.05, 0) is 43.2 Å². The van der Waals surface area contributed by atoms with Crippen molar-refractivity contribution in [2.45, 2.75) is 13.8 Å². The zero-order valence-corrected chi connectivity index (χ0v) is 10.3. The van der Waals surface area contributed by atoms with Crippen LogP contribution in [0.25, 0.3) is 11.1 Å². The Labute approximate surface area is 99.8 Å². The topological polar surface area (TPSA) is 22.4 Å². The molecule has 0 saturated carbocycles. The van der Waals surface area contributed by atoms with Crippen molar-refractivity contribution in [1.82, 2.24) is 0 Å². The van der Waals surface area contributed by atoms with Gasteiger partial charge in [-0.3, -0.25) is 0 Å². The molecule has 0 spiro atoms. The zero-order chi connectivity index (χ0) is 11.7. The molecule has 16 heavy (non-hydrogen) atoms. The van der Waals surface area contributed by atoms with Gasteiger partial charge in [-0.1, -0.05) is 11.6 Å². The van der Waals surface area contributed by atoms with E-state index in [-0.39, 0.29) is 0 Å². The molecule has 0 radical (unpaired) electrons. The maximum absolute atomic E-state index is 6.05. The highest BCUT2D eigenvalue weighted by molar-refractivity contribution is 6.32. The average molecular weight is 237 g/mol. The van der Waals surface area contributed by atoms with Crippen LogP contribution in [-0.4, -0.2) is 7.11 Å². The molecule has 2 nitrogen and oxygen atoms in total. The monoisotopic (exact) mass is 236 g/mol. The van der Waals surface area contributed by atoms with Crippen molar-refractivity contribution in [2.24, 2.45) is 0 Å². The van der Waals surface area contributed by atoms with Crippen LogP contribution in [0.5, 0.6) is 5.75 Å². The van der Waals surface area contributed by atoms with Crippen LogP contribution >= 0.6 is 11.6 Å². The number of rotatable bonds is 2. The van der Waals surface area contributed by atoms with E-state index in [1.165, 1.54) is 0 Å². The van der Waals surface area contributed by atoms with Crippen molar-refractivity contribution in [3.05, 3.63) is 40.8 Å². The van der Waals surface area contributed by atoms with E-state index in [9.17, 15) is 0 Å². The lowest BCUT2D eigenvalue weighted by atomic mass is 10.0. The standard InChI is InChI=1S/C13H13ClO2/c1-8-4-12(14)13(15-3)6-11(8)10-5-9(2)16-7-10/h4-7H,1-3H3. The molecular weight excluding hydrogens is 224 g/mol. The third-order valence-electron chi connectivity index (χ3n) is 2.54. The van der Waals surface area contributed by atoms with Crippen molar-refractivity contribution in [2.75, 3.05) is 7.11 Å². The van der Waals surface area contributed by atoms with Crippen LogP contribution in [0.3, 0.4) is 0 Å². The first-order valence-electron chi connectivity index (χ1n) is 5.01. The van der Waals surface area contributed by atoms with E-state index < -0.39 is 0 Å². The summed E-state index contributed by atoms with van der Waals surface area (Å²) >= 11 is 6.05. The molecule has 1 aromatic carbocycles. The van der Waals surface area contributed by atoms with Crippen LogP contribution < -0.4 is 4.74 Å². The molecule has 0 aliphatic carbocycles. The molecule has 0 aliphatic heterocycles. The van der Waals surface area contributed by atoms with Gasteiger partial charge < -0.3 is 9.15 Å². The second-order valence-electron chi connectivity index (χ2n) is 3.75. The predicted molar refractivity (Wildman–Crippen MR) is 65.2 cm³/mol. The number of methoxy groups -OCH3 is 1. The number of hydrogen-bond donors (Lipinski definition) is 0. The molecule has 2 aromatic rings. The lowest BCUT2D eigenvalue weighted by Crippen LogP contribution is -1.88. The second-order valence-corrected chi connectivity index (χ2v) is 4.15. The molecular formula is C13H13ClO2. The Morgan fingerprint density at radius 3 is 2.50 bits per heavy atom. The SMILES string of the molecule is COc1cc(-c2coc(C)c2)c(C)cc1Cl. The first-order valence-corrected chi connectivity index (χ1v) is 5.39. The summed E-state index contributed by atoms with van der Waals surface area (Å²) in [4.78, 5) is 0. The summed E-state index contributed by atoms with van der Waals surface area (Å²) in [6.45, 7) is 3.94. The molecule has 0 saturated heterocycles. The summed E-state index contributed by atoms with van der Waals surface area (Å²) in [5.41, 5.74) is 3.23. The molecule has 0 fully saturated rings. The summed E-state index contributed by atoms with van der Waals surface area (Å²) in [6.07, 6.45) is 1.74. The number of benzene rings is 1. The van der Waals surface area contributed by atoms with E-state index in [0.717, 1.165) is 22.5 Å². The Morgan fingerprint density at radius 1 is 1.19 bits per heavy atom. The van der Waals surface area contributed by atoms with Crippen molar-refractivity contribution in [1.29, 1.82) is 0 Å². The minimum atomic E-state index is 0.629. The van der Waals surface area contributed by atoms with Crippen molar-refractivity contribution >= 4 is 11.6 Å². The van der Waals surface area contributed by atoms with Crippen LogP contribution in [0.2, 0.25) is 5.02 Å². The summed E-state index contributed by atoms with van der Waals surface area (Å²) in [5, 5.41) is 0.629. The predicted octanol–water partition coefficient (Wildman–Crippen LogP) is 4.23. The van der Waals surface area contributed by atoms with E-state index in [2.05, 4.69) is 0 Å². The smallest absolute Gasteiger partial charge is 0.138 e. The minimum Gasteiger partial charge on any atom is -0.495 e. The molecule has 0 unspecified atom stereocenters. The summed E-state index contributed by atoms with van der Waals surface area (Å²) in [6, 6.07) is 5.83. The Balaban J connectivity index is 2.56. The van der Waals surface area contributed by atoms with Gasteiger partial charge in [-0.25, -0.2) is 0 Å². The van der Waals surface area contributed by atoms with Crippen LogP contribution in [-0.2, 0) is 0 Å². The van der Waals surface area contributed by atoms with Gasteiger partial charge in [-0.2, -0.15) is 0 Å². The van der Waals surface area contributed by atoms with Gasteiger partial charge in [0.05, 0.1) is 18.4 Å². The van der Waals surface area contributed by atoms with E-state index in [1.807, 2.05) is 32.0 Å². The van der Waals surface area contributed by atoms with E-state index in [0.29, 0.717) is 10.8 Å². The molecule has 3 heteroatoms. The Morgan fingerprint density at radius 2 is 1.94 bits per heavy atom. The van der Waals surface area contributed by atoms with E-state index in [4.69, 9.17) is 20.8 Å². The Hall–Kier alpha value is -1.41. The average Bonchev–Trinajstić information content (AvgIpc) is 2.65. The molecule has 0 aliphatic rings. The number of halogens is 1. The molecule has 1 aromatic heterocycles. The third kappa shape index (κ3) is 1.93. The molecule has 84 valence electrons. The largest absolute Gasteiger partial charge is 0.495 e. The van der Waals surface area contributed by atoms with Gasteiger partial charge in [-0.15, -0.1) is 0 Å². The minimum absolute atomic E-state index is 0.629. The first kappa shape index (κ1) is 11.1. The molecule has 0 amide bonds. The maximum atomic E-state index is 6.05. The molecule has 0 N–H and O–H groups in total. The third-order valence-corrected chi connectivity index (χ3v) is 2.84. The van der Waals surface area contributed by atoms with Crippen molar-refractivity contribution in [3.63, 3.8) is 0 Å². The molecule has 2 rings (SSSR count). The van der Waals surface area contributed by atoms with Crippen LogP contribution in [0.1, 0.15) is 11.3 Å². The van der Waals surface area contributed by atoms with Gasteiger partial charge in [0.1, 0.15) is 11.5 Å². The second kappa shape index (κ2) is 4.22. The van der Waals surface area contributed by atoms with Crippen molar-refractivity contribution in [3.8, 4) is 16.9 Å². The number of aryl methyl sites for hydroxylation is 2. The Bertz CT molecular complexity index is 515. The van der Waals surface area contributed by atoms with Gasteiger partial charge in [0, 0.05) is 5.56 Å². The lowest BCUT2D eigenvalue weighted by Gasteiger charge is -2.08. The van der Waals surface area contributed by atoms with Crippen LogP contribution in [0.4, 0.5) is 0 Å². The quantitative estimate of drug-likeness (QED) is 0.779. The van der Waals surface area contributed by atoms with Crippen LogP contribution in [0, 0.1) is 13.8 Å². The van der Waals surface area contributed by atoms with E-state index >= 15 is 0 Å². The fourth-order valence-corrected chi connectivity index (χ4v) is 2.00. The summed E-state index contributed by atoms with van der Waals surface area (Å²) < 4.78 is 10.5. The molecule has 0 atom stereocenters. The number of hydrogen-bond acceptors (Lipinski definition) is 2. The van der Waals surface area contributed by atoms with E-state index in [1.54, 1.807) is 13.4 Å². The number of ether oxygens (including phenoxy) is 1. The normalized spacial score (nSPS) is 10.5. The van der Waals surface area contributed by atoms with Crippen LogP contribution in [0.15, 0.2) is 28.9 Å². The highest BCUT2D eigenvalue weighted by atomic mass is 35.5. The summed E-state index contributed by atoms with van der Waals surface area (Å²) in [5.74, 6) is 1.57. The van der Waals surface area contributed by atoms with Crippen molar-refractivity contribution < 1.29 is 9.15 Å². The fraction of sp³-hybridized carbons (Fsp3) is 0.231. The lowest BCUT2D eigenvalue weighted by molar-refractivity contribution is 0.415. The van der Waals surface area contributed by atoms with Gasteiger partial charge >= 0.3 is 0 Å². The van der Waals surface area contributed by atoms with Gasteiger partial charge in [0.15, 0.2) is 0 Å². The Kier molecular flexibility index (Phi) is 2.92. The fourth-order valence-electron chi connectivity index (χ4n) is 1.70. The maximum Gasteiger partial charge on any atom is 0.138 e. The number of furan rings is 1. The molecule has 1 heterocycles.